The van der Waals surface area contributed by atoms with Crippen molar-refractivity contribution in [1.29, 1.82) is 0 Å². The molecule has 0 fully saturated rings. The van der Waals surface area contributed by atoms with Gasteiger partial charge in [-0.2, -0.15) is 13.2 Å². The summed E-state index contributed by atoms with van der Waals surface area (Å²) in [5, 5.41) is 0. The van der Waals surface area contributed by atoms with Crippen LogP contribution in [0.5, 0.6) is 0 Å². The molecule has 0 aromatic heterocycles. The SMILES string of the molecule is CCN(CC)C(F)C(F)(F)F. The number of hydrogen-bond donors (Lipinski definition) is 0. The monoisotopic (exact) mass is 173 g/mol. The third-order valence-corrected chi connectivity index (χ3v) is 1.40. The van der Waals surface area contributed by atoms with Gasteiger partial charge >= 0.3 is 6.18 Å². The molecular weight excluding hydrogens is 162 g/mol. The van der Waals surface area contributed by atoms with E-state index < -0.39 is 12.5 Å². The highest BCUT2D eigenvalue weighted by Crippen LogP contribution is 2.25. The van der Waals surface area contributed by atoms with Crippen LogP contribution in [-0.4, -0.2) is 30.5 Å². The number of nitrogens with zero attached hydrogens (tertiary/aromatic N) is 1. The Morgan fingerprint density at radius 1 is 1.18 bits per heavy atom. The zero-order valence-corrected chi connectivity index (χ0v) is 6.45. The minimum Gasteiger partial charge on any atom is -0.267 e. The van der Waals surface area contributed by atoms with Crippen molar-refractivity contribution in [3.05, 3.63) is 0 Å². The van der Waals surface area contributed by atoms with Gasteiger partial charge in [0.25, 0.3) is 0 Å². The Bertz CT molecular complexity index is 108. The van der Waals surface area contributed by atoms with Crippen LogP contribution >= 0.6 is 0 Å². The molecule has 0 aliphatic rings. The second-order valence-electron chi connectivity index (χ2n) is 2.10. The van der Waals surface area contributed by atoms with Crippen molar-refractivity contribution in [1.82, 2.24) is 4.90 Å². The van der Waals surface area contributed by atoms with Crippen molar-refractivity contribution < 1.29 is 17.6 Å². The third kappa shape index (κ3) is 3.05. The largest absolute Gasteiger partial charge is 0.433 e. The molecule has 0 spiro atoms. The van der Waals surface area contributed by atoms with Gasteiger partial charge in [-0.1, -0.05) is 13.8 Å². The smallest absolute Gasteiger partial charge is 0.267 e. The summed E-state index contributed by atoms with van der Waals surface area (Å²) < 4.78 is 47.3. The summed E-state index contributed by atoms with van der Waals surface area (Å²) in [5.41, 5.74) is 0. The first-order valence-corrected chi connectivity index (χ1v) is 3.38. The van der Waals surface area contributed by atoms with Crippen LogP contribution in [0, 0.1) is 0 Å². The number of alkyl halides is 4. The highest BCUT2D eigenvalue weighted by Gasteiger charge is 2.43. The highest BCUT2D eigenvalue weighted by atomic mass is 19.4. The lowest BCUT2D eigenvalue weighted by Crippen LogP contribution is -2.42. The van der Waals surface area contributed by atoms with E-state index in [-0.39, 0.29) is 13.1 Å². The molecule has 1 unspecified atom stereocenters. The van der Waals surface area contributed by atoms with Gasteiger partial charge in [-0.05, 0) is 13.1 Å². The molecule has 0 heterocycles. The maximum Gasteiger partial charge on any atom is 0.433 e. The van der Waals surface area contributed by atoms with E-state index in [1.54, 1.807) is 0 Å². The first-order valence-electron chi connectivity index (χ1n) is 3.38. The quantitative estimate of drug-likeness (QED) is 0.467. The average Bonchev–Trinajstić information content (AvgIpc) is 1.88. The van der Waals surface area contributed by atoms with Gasteiger partial charge in [0, 0.05) is 0 Å². The van der Waals surface area contributed by atoms with Gasteiger partial charge in [-0.3, -0.25) is 4.90 Å². The molecule has 1 nitrogen and oxygen atoms in total. The summed E-state index contributed by atoms with van der Waals surface area (Å²) in [5.74, 6) is 0. The zero-order chi connectivity index (χ0) is 9.07. The van der Waals surface area contributed by atoms with Gasteiger partial charge in [-0.25, -0.2) is 4.39 Å². The topological polar surface area (TPSA) is 3.24 Å². The average molecular weight is 173 g/mol. The van der Waals surface area contributed by atoms with Gasteiger partial charge in [-0.15, -0.1) is 0 Å². The van der Waals surface area contributed by atoms with Crippen LogP contribution in [0.3, 0.4) is 0 Å². The predicted molar refractivity (Wildman–Crippen MR) is 33.9 cm³/mol. The van der Waals surface area contributed by atoms with Crippen LogP contribution in [0.2, 0.25) is 0 Å². The Labute approximate surface area is 63.0 Å². The van der Waals surface area contributed by atoms with E-state index in [0.29, 0.717) is 4.90 Å². The van der Waals surface area contributed by atoms with E-state index in [1.165, 1.54) is 13.8 Å². The van der Waals surface area contributed by atoms with Gasteiger partial charge in [0.05, 0.1) is 0 Å². The fourth-order valence-corrected chi connectivity index (χ4v) is 0.751. The molecule has 11 heavy (non-hydrogen) atoms. The molecule has 0 aromatic rings. The molecule has 0 aliphatic carbocycles. The van der Waals surface area contributed by atoms with Crippen molar-refractivity contribution in [3.63, 3.8) is 0 Å². The van der Waals surface area contributed by atoms with Crippen molar-refractivity contribution in [2.75, 3.05) is 13.1 Å². The zero-order valence-electron chi connectivity index (χ0n) is 6.45. The van der Waals surface area contributed by atoms with Gasteiger partial charge in [0.2, 0.25) is 6.30 Å². The first kappa shape index (κ1) is 10.7. The van der Waals surface area contributed by atoms with Crippen LogP contribution in [0.25, 0.3) is 0 Å². The highest BCUT2D eigenvalue weighted by molar-refractivity contribution is 4.66. The summed E-state index contributed by atoms with van der Waals surface area (Å²) in [6.07, 6.45) is -7.58. The van der Waals surface area contributed by atoms with Crippen molar-refractivity contribution in [2.24, 2.45) is 0 Å². The van der Waals surface area contributed by atoms with E-state index in [4.69, 9.17) is 0 Å². The lowest BCUT2D eigenvalue weighted by atomic mass is 10.4. The molecule has 0 bridgehead atoms. The minimum atomic E-state index is -4.76. The van der Waals surface area contributed by atoms with Gasteiger partial charge < -0.3 is 0 Å². The Kier molecular flexibility index (Phi) is 3.78. The van der Waals surface area contributed by atoms with E-state index in [2.05, 4.69) is 0 Å². The molecule has 0 aliphatic heterocycles. The molecule has 0 saturated carbocycles. The maximum absolute atomic E-state index is 12.4. The van der Waals surface area contributed by atoms with E-state index in [9.17, 15) is 17.6 Å². The van der Waals surface area contributed by atoms with Gasteiger partial charge in [0.1, 0.15) is 0 Å². The molecule has 68 valence electrons. The van der Waals surface area contributed by atoms with E-state index in [1.807, 2.05) is 0 Å². The summed E-state index contributed by atoms with van der Waals surface area (Å²) in [6, 6.07) is 0. The molecule has 0 aromatic carbocycles. The molecule has 0 rings (SSSR count). The maximum atomic E-state index is 12.4. The molecule has 0 N–H and O–H groups in total. The fourth-order valence-electron chi connectivity index (χ4n) is 0.751. The number of hydrogen-bond acceptors (Lipinski definition) is 1. The lowest BCUT2D eigenvalue weighted by molar-refractivity contribution is -0.221. The summed E-state index contributed by atoms with van der Waals surface area (Å²) in [6.45, 7) is 3.11. The number of halogens is 4. The van der Waals surface area contributed by atoms with Crippen molar-refractivity contribution >= 4 is 0 Å². The Morgan fingerprint density at radius 2 is 1.55 bits per heavy atom. The molecule has 1 atom stereocenters. The summed E-state index contributed by atoms with van der Waals surface area (Å²) in [4.78, 5) is 0.708. The van der Waals surface area contributed by atoms with Crippen LogP contribution in [0.1, 0.15) is 13.8 Å². The summed E-state index contributed by atoms with van der Waals surface area (Å²) in [7, 11) is 0. The minimum absolute atomic E-state index is 0.0666. The molecular formula is C6H11F4N. The summed E-state index contributed by atoms with van der Waals surface area (Å²) >= 11 is 0. The third-order valence-electron chi connectivity index (χ3n) is 1.40. The first-order chi connectivity index (χ1) is 4.93. The Hall–Kier alpha value is -0.320. The molecule has 0 amide bonds. The molecule has 0 radical (unpaired) electrons. The lowest BCUT2D eigenvalue weighted by Gasteiger charge is -2.24. The number of rotatable bonds is 3. The van der Waals surface area contributed by atoms with E-state index >= 15 is 0 Å². The van der Waals surface area contributed by atoms with Crippen LogP contribution < -0.4 is 0 Å². The molecule has 5 heteroatoms. The van der Waals surface area contributed by atoms with Crippen LogP contribution in [0.15, 0.2) is 0 Å². The van der Waals surface area contributed by atoms with Gasteiger partial charge in [0.15, 0.2) is 0 Å². The fraction of sp³-hybridized carbons (Fsp3) is 1.00. The Morgan fingerprint density at radius 3 is 1.64 bits per heavy atom. The van der Waals surface area contributed by atoms with Crippen molar-refractivity contribution in [2.45, 2.75) is 26.3 Å². The van der Waals surface area contributed by atoms with E-state index in [0.717, 1.165) is 0 Å². The second-order valence-corrected chi connectivity index (χ2v) is 2.10. The predicted octanol–water partition coefficient (Wildman–Crippen LogP) is 2.19. The second kappa shape index (κ2) is 3.90. The standard InChI is InChI=1S/C6H11F4N/c1-3-11(4-2)5(7)6(8,9)10/h5H,3-4H2,1-2H3. The molecule has 0 saturated heterocycles. The normalized spacial score (nSPS) is 15.5. The van der Waals surface area contributed by atoms with Crippen LogP contribution in [-0.2, 0) is 0 Å². The Balaban J connectivity index is 4.09. The van der Waals surface area contributed by atoms with Crippen LogP contribution in [0.4, 0.5) is 17.6 Å². The van der Waals surface area contributed by atoms with Crippen molar-refractivity contribution in [3.8, 4) is 0 Å².